The van der Waals surface area contributed by atoms with Crippen LogP contribution in [0.1, 0.15) is 34.0 Å². The van der Waals surface area contributed by atoms with Gasteiger partial charge in [-0.3, -0.25) is 4.79 Å². The number of benzene rings is 1. The van der Waals surface area contributed by atoms with Gasteiger partial charge in [-0.1, -0.05) is 18.2 Å². The number of aryl methyl sites for hydroxylation is 1. The fraction of sp³-hybridized carbons (Fsp3) is 0.385. The summed E-state index contributed by atoms with van der Waals surface area (Å²) in [6, 6.07) is 5.00. The summed E-state index contributed by atoms with van der Waals surface area (Å²) in [7, 11) is 0. The van der Waals surface area contributed by atoms with Crippen LogP contribution in [0.5, 0.6) is 0 Å². The third-order valence-corrected chi connectivity index (χ3v) is 2.85. The van der Waals surface area contributed by atoms with E-state index in [-0.39, 0.29) is 0 Å². The maximum Gasteiger partial charge on any atom is 0.422 e. The van der Waals surface area contributed by atoms with Crippen LogP contribution in [0, 0.1) is 6.92 Å². The SMILES string of the molecule is Cc1cccc2c1C(=O)OC2CC(=O)OCC(F)(F)F. The standard InChI is InChI=1S/C13H11F3O4/c1-7-3-2-4-8-9(20-12(18)11(7)8)5-10(17)19-6-13(14,15)16/h2-4,9H,5-6H2,1H3. The van der Waals surface area contributed by atoms with Crippen molar-refractivity contribution < 1.29 is 32.2 Å². The van der Waals surface area contributed by atoms with Gasteiger partial charge in [0.25, 0.3) is 0 Å². The van der Waals surface area contributed by atoms with Gasteiger partial charge >= 0.3 is 18.1 Å². The van der Waals surface area contributed by atoms with Crippen LogP contribution in [-0.2, 0) is 14.3 Å². The second kappa shape index (κ2) is 5.15. The fourth-order valence-electron chi connectivity index (χ4n) is 2.01. The number of rotatable bonds is 3. The molecular formula is C13H11F3O4. The first kappa shape index (κ1) is 14.4. The first-order chi connectivity index (χ1) is 9.28. The molecule has 4 nitrogen and oxygen atoms in total. The zero-order valence-electron chi connectivity index (χ0n) is 10.5. The molecule has 7 heteroatoms. The highest BCUT2D eigenvalue weighted by Crippen LogP contribution is 2.35. The highest BCUT2D eigenvalue weighted by Gasteiger charge is 2.35. The van der Waals surface area contributed by atoms with Crippen molar-refractivity contribution >= 4 is 11.9 Å². The summed E-state index contributed by atoms with van der Waals surface area (Å²) in [5.41, 5.74) is 1.55. The summed E-state index contributed by atoms with van der Waals surface area (Å²) in [6.07, 6.45) is -5.90. The van der Waals surface area contributed by atoms with Crippen molar-refractivity contribution in [2.75, 3.05) is 6.61 Å². The normalized spacial score (nSPS) is 17.6. The topological polar surface area (TPSA) is 52.6 Å². The number of hydrogen-bond acceptors (Lipinski definition) is 4. The van der Waals surface area contributed by atoms with Crippen molar-refractivity contribution in [2.45, 2.75) is 25.6 Å². The van der Waals surface area contributed by atoms with Gasteiger partial charge in [-0.05, 0) is 12.5 Å². The van der Waals surface area contributed by atoms with Crippen LogP contribution >= 0.6 is 0 Å². The summed E-state index contributed by atoms with van der Waals surface area (Å²) < 4.78 is 44.9. The highest BCUT2D eigenvalue weighted by atomic mass is 19.4. The van der Waals surface area contributed by atoms with Crippen molar-refractivity contribution in [3.63, 3.8) is 0 Å². The van der Waals surface area contributed by atoms with Gasteiger partial charge in [-0.15, -0.1) is 0 Å². The van der Waals surface area contributed by atoms with Gasteiger partial charge in [-0.25, -0.2) is 4.79 Å². The molecule has 0 fully saturated rings. The van der Waals surface area contributed by atoms with E-state index >= 15 is 0 Å². The quantitative estimate of drug-likeness (QED) is 0.802. The molecule has 0 radical (unpaired) electrons. The average Bonchev–Trinajstić information content (AvgIpc) is 2.64. The second-order valence-corrected chi connectivity index (χ2v) is 4.41. The molecule has 1 aromatic carbocycles. The fourth-order valence-corrected chi connectivity index (χ4v) is 2.01. The molecule has 0 amide bonds. The Labute approximate surface area is 112 Å². The van der Waals surface area contributed by atoms with Crippen LogP contribution in [0.25, 0.3) is 0 Å². The van der Waals surface area contributed by atoms with Gasteiger partial charge in [0.05, 0.1) is 12.0 Å². The van der Waals surface area contributed by atoms with Gasteiger partial charge < -0.3 is 9.47 Å². The van der Waals surface area contributed by atoms with Crippen molar-refractivity contribution in [2.24, 2.45) is 0 Å². The van der Waals surface area contributed by atoms with E-state index in [4.69, 9.17) is 4.74 Å². The first-order valence-corrected chi connectivity index (χ1v) is 5.81. The van der Waals surface area contributed by atoms with Crippen LogP contribution in [0.2, 0.25) is 0 Å². The second-order valence-electron chi connectivity index (χ2n) is 4.41. The van der Waals surface area contributed by atoms with Gasteiger partial charge in [0.1, 0.15) is 6.10 Å². The Morgan fingerprint density at radius 1 is 1.40 bits per heavy atom. The lowest BCUT2D eigenvalue weighted by Gasteiger charge is -2.11. The molecule has 20 heavy (non-hydrogen) atoms. The molecule has 0 bridgehead atoms. The Balaban J connectivity index is 2.05. The van der Waals surface area contributed by atoms with Crippen molar-refractivity contribution in [1.82, 2.24) is 0 Å². The summed E-state index contributed by atoms with van der Waals surface area (Å²) in [5, 5.41) is 0. The minimum atomic E-state index is -4.57. The molecule has 0 saturated carbocycles. The van der Waals surface area contributed by atoms with Gasteiger partial charge in [-0.2, -0.15) is 13.2 Å². The minimum absolute atomic E-state index is 0.362. The smallest absolute Gasteiger partial charge is 0.422 e. The summed E-state index contributed by atoms with van der Waals surface area (Å²) in [6.45, 7) is 0.0671. The molecule has 1 unspecified atom stereocenters. The predicted molar refractivity (Wildman–Crippen MR) is 61.0 cm³/mol. The number of esters is 2. The van der Waals surface area contributed by atoms with Gasteiger partial charge in [0.15, 0.2) is 6.61 Å². The van der Waals surface area contributed by atoms with Crippen LogP contribution in [-0.4, -0.2) is 24.7 Å². The van der Waals surface area contributed by atoms with E-state index in [1.807, 2.05) is 0 Å². The van der Waals surface area contributed by atoms with Crippen LogP contribution in [0.3, 0.4) is 0 Å². The number of alkyl halides is 3. The maximum atomic E-state index is 11.9. The highest BCUT2D eigenvalue weighted by molar-refractivity contribution is 5.96. The van der Waals surface area contributed by atoms with Gasteiger partial charge in [0.2, 0.25) is 0 Å². The summed E-state index contributed by atoms with van der Waals surface area (Å²) >= 11 is 0. The molecule has 1 heterocycles. The molecule has 0 aromatic heterocycles. The predicted octanol–water partition coefficient (Wildman–Crippen LogP) is 2.70. The van der Waals surface area contributed by atoms with E-state index in [0.29, 0.717) is 16.7 Å². The Morgan fingerprint density at radius 2 is 2.10 bits per heavy atom. The Bertz CT molecular complexity index is 551. The third kappa shape index (κ3) is 3.09. The van der Waals surface area contributed by atoms with Crippen LogP contribution in [0.4, 0.5) is 13.2 Å². The van der Waals surface area contributed by atoms with E-state index in [2.05, 4.69) is 4.74 Å². The average molecular weight is 288 g/mol. The Hall–Kier alpha value is -2.05. The molecule has 1 aliphatic heterocycles. The maximum absolute atomic E-state index is 11.9. The number of fused-ring (bicyclic) bond motifs is 1. The van der Waals surface area contributed by atoms with Crippen molar-refractivity contribution in [3.05, 3.63) is 34.9 Å². The lowest BCUT2D eigenvalue weighted by atomic mass is 9.99. The van der Waals surface area contributed by atoms with E-state index in [1.165, 1.54) is 0 Å². The minimum Gasteiger partial charge on any atom is -0.456 e. The van der Waals surface area contributed by atoms with Crippen LogP contribution < -0.4 is 0 Å². The van der Waals surface area contributed by atoms with E-state index < -0.39 is 37.2 Å². The Morgan fingerprint density at radius 3 is 2.75 bits per heavy atom. The zero-order valence-corrected chi connectivity index (χ0v) is 10.5. The van der Waals surface area contributed by atoms with E-state index in [0.717, 1.165) is 0 Å². The molecule has 0 saturated heterocycles. The van der Waals surface area contributed by atoms with Crippen molar-refractivity contribution in [1.29, 1.82) is 0 Å². The molecule has 0 N–H and O–H groups in total. The lowest BCUT2D eigenvalue weighted by Crippen LogP contribution is -2.21. The number of cyclic esters (lactones) is 1. The first-order valence-electron chi connectivity index (χ1n) is 5.81. The number of carbonyl (C=O) groups excluding carboxylic acids is 2. The van der Waals surface area contributed by atoms with Crippen molar-refractivity contribution in [3.8, 4) is 0 Å². The number of ether oxygens (including phenoxy) is 2. The molecule has 1 atom stereocenters. The number of carbonyl (C=O) groups is 2. The number of halogens is 3. The molecular weight excluding hydrogens is 277 g/mol. The lowest BCUT2D eigenvalue weighted by molar-refractivity contribution is -0.187. The largest absolute Gasteiger partial charge is 0.456 e. The van der Waals surface area contributed by atoms with E-state index in [9.17, 15) is 22.8 Å². The monoisotopic (exact) mass is 288 g/mol. The van der Waals surface area contributed by atoms with E-state index in [1.54, 1.807) is 25.1 Å². The Kier molecular flexibility index (Phi) is 3.69. The molecule has 108 valence electrons. The molecule has 1 aliphatic rings. The number of hydrogen-bond donors (Lipinski definition) is 0. The third-order valence-electron chi connectivity index (χ3n) is 2.85. The molecule has 0 spiro atoms. The zero-order chi connectivity index (χ0) is 14.9. The summed E-state index contributed by atoms with van der Waals surface area (Å²) in [4.78, 5) is 23.0. The van der Waals surface area contributed by atoms with Gasteiger partial charge in [0, 0.05) is 5.56 Å². The molecule has 1 aromatic rings. The summed E-state index contributed by atoms with van der Waals surface area (Å²) in [5.74, 6) is -1.64. The van der Waals surface area contributed by atoms with Crippen LogP contribution in [0.15, 0.2) is 18.2 Å². The molecule has 0 aliphatic carbocycles. The molecule has 2 rings (SSSR count).